The lowest BCUT2D eigenvalue weighted by Crippen LogP contribution is -2.39. The number of piperidine rings is 1. The molecule has 0 saturated carbocycles. The lowest BCUT2D eigenvalue weighted by atomic mass is 9.93. The molecular weight excluding hydrogens is 581 g/mol. The Labute approximate surface area is 245 Å². The number of ether oxygens (including phenoxy) is 2. The molecule has 0 bridgehead atoms. The van der Waals surface area contributed by atoms with E-state index in [1.54, 1.807) is 42.3 Å². The molecule has 41 heavy (non-hydrogen) atoms. The highest BCUT2D eigenvalue weighted by atomic mass is 35.5. The van der Waals surface area contributed by atoms with Crippen molar-refractivity contribution in [2.24, 2.45) is 5.92 Å². The molecule has 1 amide bonds. The molecule has 2 aromatic carbocycles. The number of nitrogens with zero attached hydrogens (tertiary/aromatic N) is 4. The van der Waals surface area contributed by atoms with E-state index in [1.165, 1.54) is 0 Å². The summed E-state index contributed by atoms with van der Waals surface area (Å²) in [6, 6.07) is 10.2. The number of amides is 1. The van der Waals surface area contributed by atoms with Gasteiger partial charge in [0.05, 0.1) is 19.2 Å². The molecule has 3 heterocycles. The largest absolute Gasteiger partial charge is 0.496 e. The number of methoxy groups -OCH3 is 1. The quantitative estimate of drug-likeness (QED) is 0.338. The number of benzene rings is 2. The Bertz CT molecular complexity index is 1470. The van der Waals surface area contributed by atoms with Gasteiger partial charge in [-0.1, -0.05) is 23.7 Å². The van der Waals surface area contributed by atoms with Gasteiger partial charge in [0.15, 0.2) is 5.82 Å². The zero-order chi connectivity index (χ0) is 29.5. The Kier molecular flexibility index (Phi) is 8.22. The minimum atomic E-state index is -3.87. The number of carboxylic acid groups (broad SMARTS) is 1. The smallest absolute Gasteiger partial charge is 0.382 e. The van der Waals surface area contributed by atoms with Crippen molar-refractivity contribution in [2.45, 2.75) is 50.2 Å². The van der Waals surface area contributed by atoms with Crippen molar-refractivity contribution in [3.8, 4) is 11.4 Å². The zero-order valence-electron chi connectivity index (χ0n) is 22.3. The molecular formula is C28H28Cl2F2N4O5. The third-order valence-corrected chi connectivity index (χ3v) is 8.07. The fourth-order valence-corrected chi connectivity index (χ4v) is 5.90. The second kappa shape index (κ2) is 11.5. The first-order chi connectivity index (χ1) is 19.5. The van der Waals surface area contributed by atoms with Gasteiger partial charge in [0, 0.05) is 30.1 Å². The van der Waals surface area contributed by atoms with Crippen molar-refractivity contribution in [3.63, 3.8) is 0 Å². The van der Waals surface area contributed by atoms with Gasteiger partial charge in [-0.15, -0.1) is 10.2 Å². The Hall–Kier alpha value is -3.28. The maximum atomic E-state index is 14.6. The van der Waals surface area contributed by atoms with Crippen molar-refractivity contribution >= 4 is 35.1 Å². The molecule has 0 aliphatic carbocycles. The van der Waals surface area contributed by atoms with Gasteiger partial charge >= 0.3 is 11.4 Å². The van der Waals surface area contributed by atoms with Gasteiger partial charge in [-0.25, -0.2) is 0 Å². The minimum Gasteiger partial charge on any atom is -0.496 e. The van der Waals surface area contributed by atoms with Gasteiger partial charge in [-0.05, 0) is 72.7 Å². The molecule has 9 nitrogen and oxygen atoms in total. The number of aliphatic carboxylic acids is 1. The molecule has 218 valence electrons. The summed E-state index contributed by atoms with van der Waals surface area (Å²) in [4.78, 5) is 26.3. The monoisotopic (exact) mass is 608 g/mol. The molecule has 1 saturated heterocycles. The van der Waals surface area contributed by atoms with E-state index in [2.05, 4.69) is 10.2 Å². The zero-order valence-corrected chi connectivity index (χ0v) is 23.8. The van der Waals surface area contributed by atoms with Crippen LogP contribution >= 0.6 is 23.2 Å². The molecule has 0 radical (unpaired) electrons. The lowest BCUT2D eigenvalue weighted by Gasteiger charge is -2.32. The lowest BCUT2D eigenvalue weighted by molar-refractivity contribution is -0.139. The van der Waals surface area contributed by atoms with Crippen molar-refractivity contribution < 1.29 is 33.0 Å². The topological polar surface area (TPSA) is 107 Å². The summed E-state index contributed by atoms with van der Waals surface area (Å²) in [5.41, 5.74) is 2.21. The third kappa shape index (κ3) is 5.89. The maximum absolute atomic E-state index is 14.6. The van der Waals surface area contributed by atoms with Gasteiger partial charge in [0.25, 0.3) is 0 Å². The molecule has 0 unspecified atom stereocenters. The number of hydrogen-bond donors (Lipinski definition) is 1. The van der Waals surface area contributed by atoms with Gasteiger partial charge in [0.1, 0.15) is 18.0 Å². The Balaban J connectivity index is 1.57. The number of hydrogen-bond acceptors (Lipinski definition) is 6. The van der Waals surface area contributed by atoms with E-state index in [4.69, 9.17) is 37.8 Å². The molecule has 2 atom stereocenters. The van der Waals surface area contributed by atoms with Crippen LogP contribution in [0.15, 0.2) is 36.4 Å². The standard InChI is InChI=1S/C28H28Cl2F2N4O5/c1-15-18(4-3-5-21(15)40-2)25-19-13-17(29)6-7-20(19)36-26(33-34-27(36)28(30,31)32)22(41-25)14-23(37)35-10-8-16(9-11-35)12-24(38)39/h3-7,13,16,22,25H,8-12,14H2,1-2H3,(H,38,39)/t22-,25-/m0/s1. The number of fused-ring (bicyclic) bond motifs is 3. The number of aromatic nitrogens is 3. The maximum Gasteiger partial charge on any atom is 0.382 e. The van der Waals surface area contributed by atoms with E-state index < -0.39 is 29.4 Å². The molecule has 3 aromatic rings. The molecule has 2 aliphatic heterocycles. The van der Waals surface area contributed by atoms with Crippen LogP contribution < -0.4 is 4.74 Å². The van der Waals surface area contributed by atoms with Gasteiger partial charge in [-0.2, -0.15) is 8.78 Å². The highest BCUT2D eigenvalue weighted by Crippen LogP contribution is 2.45. The number of alkyl halides is 3. The van der Waals surface area contributed by atoms with Gasteiger partial charge in [-0.3, -0.25) is 14.2 Å². The highest BCUT2D eigenvalue weighted by molar-refractivity contribution is 6.30. The normalized spacial score (nSPS) is 19.3. The molecule has 1 N–H and O–H groups in total. The predicted octanol–water partition coefficient (Wildman–Crippen LogP) is 5.79. The summed E-state index contributed by atoms with van der Waals surface area (Å²) in [6.07, 6.45) is -0.973. The second-order valence-electron chi connectivity index (χ2n) is 10.2. The average molecular weight is 609 g/mol. The number of halogens is 4. The number of carboxylic acids is 1. The van der Waals surface area contributed by atoms with Crippen molar-refractivity contribution in [3.05, 3.63) is 69.8 Å². The van der Waals surface area contributed by atoms with E-state index >= 15 is 0 Å². The summed E-state index contributed by atoms with van der Waals surface area (Å²) in [6.45, 7) is 2.62. The Morgan fingerprint density at radius 1 is 1.15 bits per heavy atom. The number of rotatable bonds is 7. The van der Waals surface area contributed by atoms with E-state index in [0.29, 0.717) is 53.5 Å². The summed E-state index contributed by atoms with van der Waals surface area (Å²) in [7, 11) is 1.54. The van der Waals surface area contributed by atoms with Crippen LogP contribution in [0.2, 0.25) is 5.02 Å². The number of carbonyl (C=O) groups is 2. The molecule has 0 spiro atoms. The van der Waals surface area contributed by atoms with Crippen LogP contribution in [0.1, 0.15) is 66.2 Å². The number of likely N-dealkylation sites (tertiary alicyclic amines) is 1. The van der Waals surface area contributed by atoms with E-state index in [-0.39, 0.29) is 30.5 Å². The van der Waals surface area contributed by atoms with E-state index in [9.17, 15) is 18.4 Å². The van der Waals surface area contributed by atoms with Crippen LogP contribution in [-0.4, -0.2) is 56.8 Å². The summed E-state index contributed by atoms with van der Waals surface area (Å²) in [5.74, 6) is -1.36. The molecule has 1 aromatic heterocycles. The first-order valence-electron chi connectivity index (χ1n) is 13.1. The first-order valence-corrected chi connectivity index (χ1v) is 13.8. The fourth-order valence-electron chi connectivity index (χ4n) is 5.60. The average Bonchev–Trinajstić information content (AvgIpc) is 3.32. The fraction of sp³-hybridized carbons (Fsp3) is 0.429. The SMILES string of the molecule is COc1cccc([C@@H]2O[C@@H](CC(=O)N3CCC(CC(=O)O)CC3)c3nnc(C(F)(F)Cl)n3-c3ccc(Cl)cc32)c1C. The van der Waals surface area contributed by atoms with Crippen LogP contribution in [0.3, 0.4) is 0 Å². The summed E-state index contributed by atoms with van der Waals surface area (Å²) < 4.78 is 42.5. The summed E-state index contributed by atoms with van der Waals surface area (Å²) >= 11 is 11.9. The molecule has 13 heteroatoms. The first kappa shape index (κ1) is 29.2. The van der Waals surface area contributed by atoms with Crippen molar-refractivity contribution in [1.29, 1.82) is 0 Å². The Morgan fingerprint density at radius 3 is 2.54 bits per heavy atom. The predicted molar refractivity (Wildman–Crippen MR) is 146 cm³/mol. The van der Waals surface area contributed by atoms with Crippen molar-refractivity contribution in [1.82, 2.24) is 19.7 Å². The molecule has 2 aliphatic rings. The second-order valence-corrected chi connectivity index (χ2v) is 11.1. The van der Waals surface area contributed by atoms with Crippen LogP contribution in [0.4, 0.5) is 8.78 Å². The number of carbonyl (C=O) groups excluding carboxylic acids is 1. The van der Waals surface area contributed by atoms with Crippen LogP contribution in [0.25, 0.3) is 5.69 Å². The van der Waals surface area contributed by atoms with Crippen LogP contribution in [0.5, 0.6) is 5.75 Å². The van der Waals surface area contributed by atoms with Crippen LogP contribution in [0, 0.1) is 12.8 Å². The molecule has 5 rings (SSSR count). The third-order valence-electron chi connectivity index (χ3n) is 7.66. The van der Waals surface area contributed by atoms with E-state index in [0.717, 1.165) is 10.1 Å². The van der Waals surface area contributed by atoms with E-state index in [1.807, 2.05) is 13.0 Å². The van der Waals surface area contributed by atoms with Crippen LogP contribution in [-0.2, 0) is 19.7 Å². The minimum absolute atomic E-state index is 0.000981. The highest BCUT2D eigenvalue weighted by Gasteiger charge is 2.42. The van der Waals surface area contributed by atoms with Gasteiger partial charge in [0.2, 0.25) is 11.7 Å². The van der Waals surface area contributed by atoms with Crippen molar-refractivity contribution in [2.75, 3.05) is 20.2 Å². The Morgan fingerprint density at radius 2 is 1.88 bits per heavy atom. The summed E-state index contributed by atoms with van der Waals surface area (Å²) in [5, 5.41) is 13.3. The molecule has 1 fully saturated rings. The van der Waals surface area contributed by atoms with Gasteiger partial charge < -0.3 is 19.5 Å².